The van der Waals surface area contributed by atoms with Crippen molar-refractivity contribution in [3.8, 4) is 0 Å². The maximum atomic E-state index is 12.8. The second kappa shape index (κ2) is 43.9. The van der Waals surface area contributed by atoms with Gasteiger partial charge in [-0.2, -0.15) is 0 Å². The number of hydrogen-bond donors (Lipinski definition) is 1. The second-order valence-corrected chi connectivity index (χ2v) is 17.2. The number of unbranched alkanes of at least 4 members (excludes halogenated alkanes) is 18. The van der Waals surface area contributed by atoms with E-state index in [4.69, 9.17) is 14.2 Å². The predicted octanol–water partition coefficient (Wildman–Crippen LogP) is 13.9. The molecule has 0 spiro atoms. The highest BCUT2D eigenvalue weighted by molar-refractivity contribution is 5.72. The van der Waals surface area contributed by atoms with Crippen LogP contribution in [0.4, 0.5) is 0 Å². The molecule has 0 rings (SSSR count). The number of rotatable bonds is 42. The molecule has 0 bridgehead atoms. The molecule has 0 saturated carbocycles. The molecule has 0 aliphatic carbocycles. The molecular formula is C54H90NO7+. The van der Waals surface area contributed by atoms with E-state index in [-0.39, 0.29) is 42.7 Å². The smallest absolute Gasteiger partial charge is 0.362 e. The average molecular weight is 865 g/mol. The molecule has 1 N–H and O–H groups in total. The summed E-state index contributed by atoms with van der Waals surface area (Å²) in [6.45, 7) is 4.53. The maximum absolute atomic E-state index is 12.8. The fourth-order valence-electron chi connectivity index (χ4n) is 6.66. The molecular weight excluding hydrogens is 775 g/mol. The largest absolute Gasteiger partial charge is 0.477 e. The van der Waals surface area contributed by atoms with Crippen LogP contribution in [0.5, 0.6) is 0 Å². The third kappa shape index (κ3) is 41.6. The Morgan fingerprint density at radius 2 is 0.919 bits per heavy atom. The van der Waals surface area contributed by atoms with Crippen molar-refractivity contribution >= 4 is 17.9 Å². The average Bonchev–Trinajstić information content (AvgIpc) is 3.23. The number of quaternary nitrogens is 1. The third-order valence-electron chi connectivity index (χ3n) is 10.4. The van der Waals surface area contributed by atoms with Crippen LogP contribution in [-0.4, -0.2) is 80.6 Å². The first-order valence-corrected chi connectivity index (χ1v) is 24.4. The molecule has 0 saturated heterocycles. The van der Waals surface area contributed by atoms with Crippen molar-refractivity contribution in [2.75, 3.05) is 41.0 Å². The first-order valence-electron chi connectivity index (χ1n) is 24.4. The Hall–Kier alpha value is -3.75. The fourth-order valence-corrected chi connectivity index (χ4v) is 6.66. The van der Waals surface area contributed by atoms with Crippen LogP contribution in [0.15, 0.2) is 97.2 Å². The van der Waals surface area contributed by atoms with E-state index in [9.17, 15) is 19.5 Å². The molecule has 8 heteroatoms. The van der Waals surface area contributed by atoms with Crippen LogP contribution in [0, 0.1) is 0 Å². The summed E-state index contributed by atoms with van der Waals surface area (Å²) in [6.07, 6.45) is 58.8. The third-order valence-corrected chi connectivity index (χ3v) is 10.4. The topological polar surface area (TPSA) is 99.1 Å². The molecule has 0 fully saturated rings. The van der Waals surface area contributed by atoms with Crippen LogP contribution in [0.25, 0.3) is 0 Å². The van der Waals surface area contributed by atoms with E-state index in [1.165, 1.54) is 89.9 Å². The highest BCUT2D eigenvalue weighted by atomic mass is 16.6. The van der Waals surface area contributed by atoms with Gasteiger partial charge in [0.25, 0.3) is 0 Å². The van der Waals surface area contributed by atoms with E-state index >= 15 is 0 Å². The van der Waals surface area contributed by atoms with Gasteiger partial charge in [0.05, 0.1) is 34.4 Å². The zero-order valence-corrected chi connectivity index (χ0v) is 40.0. The Morgan fingerprint density at radius 3 is 1.40 bits per heavy atom. The lowest BCUT2D eigenvalue weighted by molar-refractivity contribution is -0.887. The van der Waals surface area contributed by atoms with E-state index < -0.39 is 18.1 Å². The Morgan fingerprint density at radius 1 is 0.500 bits per heavy atom. The van der Waals surface area contributed by atoms with E-state index in [1.54, 1.807) is 0 Å². The number of allylic oxidation sites excluding steroid dienone is 16. The van der Waals surface area contributed by atoms with Crippen molar-refractivity contribution in [2.45, 2.75) is 187 Å². The van der Waals surface area contributed by atoms with E-state index in [2.05, 4.69) is 38.2 Å². The number of carboxylic acid groups (broad SMARTS) is 1. The summed E-state index contributed by atoms with van der Waals surface area (Å²) < 4.78 is 17.3. The van der Waals surface area contributed by atoms with Crippen LogP contribution in [0.3, 0.4) is 0 Å². The minimum absolute atomic E-state index is 0.0349. The van der Waals surface area contributed by atoms with Gasteiger partial charge in [0.1, 0.15) is 6.61 Å². The normalized spacial score (nSPS) is 13.8. The lowest BCUT2D eigenvalue weighted by atomic mass is 10.1. The van der Waals surface area contributed by atoms with Crippen molar-refractivity contribution in [3.05, 3.63) is 97.2 Å². The summed E-state index contributed by atoms with van der Waals surface area (Å²) in [5.74, 6) is -1.54. The molecule has 2 unspecified atom stereocenters. The Kier molecular flexibility index (Phi) is 41.2. The number of carbonyl (C=O) groups is 3. The zero-order valence-electron chi connectivity index (χ0n) is 40.0. The van der Waals surface area contributed by atoms with Crippen molar-refractivity contribution in [2.24, 2.45) is 0 Å². The Balaban J connectivity index is 4.41. The molecule has 0 radical (unpaired) electrons. The SMILES string of the molecule is CC/C=C/C=C/C=C/C=C/C=C/C=C/C=C/CCCCCC(=O)OC(COCCC(C(=O)O)[N+](C)(C)C)COC(=O)CCCCCCCCC/C=C/CCCCCCCCCC. The molecule has 0 amide bonds. The number of carbonyl (C=O) groups excluding carboxylic acids is 2. The highest BCUT2D eigenvalue weighted by Gasteiger charge is 2.31. The van der Waals surface area contributed by atoms with Gasteiger partial charge in [0, 0.05) is 19.3 Å². The molecule has 2 atom stereocenters. The fraction of sp³-hybridized carbons (Fsp3) is 0.648. The number of likely N-dealkylation sites (N-methyl/N-ethyl adjacent to an activating group) is 1. The molecule has 352 valence electrons. The molecule has 0 aliphatic rings. The summed E-state index contributed by atoms with van der Waals surface area (Å²) in [4.78, 5) is 37.1. The van der Waals surface area contributed by atoms with Crippen molar-refractivity contribution < 1.29 is 38.2 Å². The molecule has 0 aromatic carbocycles. The summed E-state index contributed by atoms with van der Waals surface area (Å²) >= 11 is 0. The Labute approximate surface area is 379 Å². The molecule has 0 aliphatic heterocycles. The van der Waals surface area contributed by atoms with Crippen LogP contribution >= 0.6 is 0 Å². The Bertz CT molecular complexity index is 1330. The van der Waals surface area contributed by atoms with Gasteiger partial charge < -0.3 is 23.8 Å². The monoisotopic (exact) mass is 865 g/mol. The van der Waals surface area contributed by atoms with Gasteiger partial charge in [-0.3, -0.25) is 9.59 Å². The maximum Gasteiger partial charge on any atom is 0.362 e. The van der Waals surface area contributed by atoms with E-state index in [1.807, 2.05) is 94.1 Å². The van der Waals surface area contributed by atoms with Gasteiger partial charge in [-0.15, -0.1) is 0 Å². The van der Waals surface area contributed by atoms with Crippen molar-refractivity contribution in [1.82, 2.24) is 0 Å². The first-order chi connectivity index (χ1) is 30.1. The number of carboxylic acids is 1. The molecule has 62 heavy (non-hydrogen) atoms. The van der Waals surface area contributed by atoms with Gasteiger partial charge in [-0.25, -0.2) is 4.79 Å². The van der Waals surface area contributed by atoms with Gasteiger partial charge in [-0.1, -0.05) is 195 Å². The van der Waals surface area contributed by atoms with Gasteiger partial charge >= 0.3 is 17.9 Å². The minimum atomic E-state index is -0.887. The van der Waals surface area contributed by atoms with Gasteiger partial charge in [0.15, 0.2) is 12.1 Å². The van der Waals surface area contributed by atoms with E-state index in [0.717, 1.165) is 44.9 Å². The summed E-state index contributed by atoms with van der Waals surface area (Å²) in [6, 6.07) is -0.630. The lowest BCUT2D eigenvalue weighted by Gasteiger charge is -2.31. The number of ether oxygens (including phenoxy) is 3. The summed E-state index contributed by atoms with van der Waals surface area (Å²) in [5, 5.41) is 9.64. The van der Waals surface area contributed by atoms with Crippen molar-refractivity contribution in [3.63, 3.8) is 0 Å². The number of aliphatic carboxylic acids is 1. The van der Waals surface area contributed by atoms with Gasteiger partial charge in [0.2, 0.25) is 0 Å². The van der Waals surface area contributed by atoms with Gasteiger partial charge in [-0.05, 0) is 57.8 Å². The number of hydrogen-bond acceptors (Lipinski definition) is 6. The molecule has 0 aromatic rings. The number of esters is 2. The predicted molar refractivity (Wildman–Crippen MR) is 261 cm³/mol. The zero-order chi connectivity index (χ0) is 45.6. The van der Waals surface area contributed by atoms with Crippen LogP contribution in [0.1, 0.15) is 174 Å². The lowest BCUT2D eigenvalue weighted by Crippen LogP contribution is -2.50. The number of nitrogens with zero attached hydrogens (tertiary/aromatic N) is 1. The second-order valence-electron chi connectivity index (χ2n) is 17.2. The van der Waals surface area contributed by atoms with E-state index in [0.29, 0.717) is 19.3 Å². The highest BCUT2D eigenvalue weighted by Crippen LogP contribution is 2.14. The van der Waals surface area contributed by atoms with Crippen LogP contribution < -0.4 is 0 Å². The van der Waals surface area contributed by atoms with Crippen LogP contribution in [0.2, 0.25) is 0 Å². The summed E-state index contributed by atoms with van der Waals surface area (Å²) in [7, 11) is 5.50. The summed E-state index contributed by atoms with van der Waals surface area (Å²) in [5.41, 5.74) is 0. The molecule has 0 aromatic heterocycles. The standard InChI is InChI=1S/C54H89NO7/c1-6-8-10-12-14-16-18-20-22-24-26-28-30-32-34-36-38-40-42-44-52(56)61-49-50(48-60-47-46-51(54(58)59)55(3,4)5)62-53(57)45-43-41-39-37-35-33-31-29-27-25-23-21-19-17-15-13-11-9-7-2/h9,11,13,15,17,19,21,23-27,29,31,33,35,50-51H,6-8,10,12,14,16,18,20,22,28,30,32,34,36-49H2,1-5H3/p+1/b11-9+,15-13+,19-17+,23-21+,26-24+,27-25+,31-29+,35-33+. The molecule has 0 heterocycles. The first kappa shape index (κ1) is 58.2. The van der Waals surface area contributed by atoms with Crippen molar-refractivity contribution in [1.29, 1.82) is 0 Å². The molecule has 8 nitrogen and oxygen atoms in total. The quantitative estimate of drug-likeness (QED) is 0.0214. The van der Waals surface area contributed by atoms with Crippen LogP contribution in [-0.2, 0) is 28.6 Å². The minimum Gasteiger partial charge on any atom is -0.477 e.